The van der Waals surface area contributed by atoms with Gasteiger partial charge in [0.1, 0.15) is 11.8 Å². The number of ether oxygens (including phenoxy) is 2. The van der Waals surface area contributed by atoms with Crippen LogP contribution < -0.4 is 15.4 Å². The number of hydrogen-bond donors (Lipinski definition) is 2. The third-order valence-electron chi connectivity index (χ3n) is 5.12. The van der Waals surface area contributed by atoms with Crippen LogP contribution in [0, 0.1) is 5.92 Å². The molecule has 0 bridgehead atoms. The molecule has 2 aliphatic heterocycles. The third-order valence-corrected chi connectivity index (χ3v) is 5.12. The van der Waals surface area contributed by atoms with Crippen LogP contribution in [0.5, 0.6) is 5.75 Å². The fourth-order valence-electron chi connectivity index (χ4n) is 3.55. The van der Waals surface area contributed by atoms with Crippen LogP contribution in [0.15, 0.2) is 24.3 Å². The maximum atomic E-state index is 12.7. The lowest BCUT2D eigenvalue weighted by Crippen LogP contribution is -2.57. The molecule has 0 spiro atoms. The van der Waals surface area contributed by atoms with E-state index in [-0.39, 0.29) is 29.9 Å². The van der Waals surface area contributed by atoms with E-state index in [2.05, 4.69) is 10.6 Å². The van der Waals surface area contributed by atoms with Crippen LogP contribution in [0.4, 0.5) is 5.69 Å². The van der Waals surface area contributed by atoms with E-state index in [0.717, 1.165) is 0 Å². The van der Waals surface area contributed by atoms with Crippen molar-refractivity contribution < 1.29 is 19.1 Å². The summed E-state index contributed by atoms with van der Waals surface area (Å²) >= 11 is 0. The molecule has 2 fully saturated rings. The second-order valence-electron chi connectivity index (χ2n) is 6.80. The highest BCUT2D eigenvalue weighted by molar-refractivity contribution is 5.94. The maximum absolute atomic E-state index is 12.7. The molecular weight excluding hydrogens is 334 g/mol. The zero-order valence-corrected chi connectivity index (χ0v) is 15.4. The van der Waals surface area contributed by atoms with E-state index in [4.69, 9.17) is 9.47 Å². The number of piperidine rings is 1. The van der Waals surface area contributed by atoms with E-state index in [1.165, 1.54) is 0 Å². The normalized spacial score (nSPS) is 24.2. The molecule has 2 atom stereocenters. The average Bonchev–Trinajstić information content (AvgIpc) is 2.68. The molecule has 7 heteroatoms. The van der Waals surface area contributed by atoms with Gasteiger partial charge in [0.2, 0.25) is 11.8 Å². The van der Waals surface area contributed by atoms with Gasteiger partial charge in [-0.3, -0.25) is 9.59 Å². The van der Waals surface area contributed by atoms with Crippen LogP contribution >= 0.6 is 0 Å². The first kappa shape index (κ1) is 18.7. The Labute approximate surface area is 154 Å². The monoisotopic (exact) mass is 361 g/mol. The van der Waals surface area contributed by atoms with E-state index in [0.29, 0.717) is 50.5 Å². The summed E-state index contributed by atoms with van der Waals surface area (Å²) in [6, 6.07) is 7.08. The van der Waals surface area contributed by atoms with E-state index >= 15 is 0 Å². The van der Waals surface area contributed by atoms with Crippen molar-refractivity contribution in [2.24, 2.45) is 5.92 Å². The van der Waals surface area contributed by atoms with Crippen molar-refractivity contribution in [2.75, 3.05) is 38.7 Å². The van der Waals surface area contributed by atoms with Gasteiger partial charge in [0.05, 0.1) is 25.5 Å². The summed E-state index contributed by atoms with van der Waals surface area (Å²) in [6.07, 6.45) is 1.20. The van der Waals surface area contributed by atoms with Gasteiger partial charge in [-0.1, -0.05) is 12.1 Å². The van der Waals surface area contributed by atoms with Gasteiger partial charge in [-0.05, 0) is 31.9 Å². The highest BCUT2D eigenvalue weighted by Crippen LogP contribution is 2.26. The largest absolute Gasteiger partial charge is 0.495 e. The number of anilines is 1. The molecule has 2 saturated heterocycles. The summed E-state index contributed by atoms with van der Waals surface area (Å²) in [6.45, 7) is 4.43. The number of rotatable bonds is 4. The van der Waals surface area contributed by atoms with Crippen LogP contribution in [0.2, 0.25) is 0 Å². The molecule has 0 unspecified atom stereocenters. The summed E-state index contributed by atoms with van der Waals surface area (Å²) in [5.41, 5.74) is 0.677. The van der Waals surface area contributed by atoms with Crippen molar-refractivity contribution in [2.45, 2.75) is 31.9 Å². The Morgan fingerprint density at radius 2 is 2.00 bits per heavy atom. The molecule has 3 rings (SSSR count). The molecule has 7 nitrogen and oxygen atoms in total. The summed E-state index contributed by atoms with van der Waals surface area (Å²) in [7, 11) is 1.58. The Balaban J connectivity index is 1.53. The number of para-hydroxylation sites is 2. The number of benzene rings is 1. The minimum absolute atomic E-state index is 0.0194. The van der Waals surface area contributed by atoms with Gasteiger partial charge < -0.3 is 25.0 Å². The number of amides is 2. The third kappa shape index (κ3) is 4.16. The lowest BCUT2D eigenvalue weighted by Gasteiger charge is -2.37. The summed E-state index contributed by atoms with van der Waals surface area (Å²) in [5.74, 6) is 0.595. The first-order chi connectivity index (χ1) is 12.6. The zero-order valence-electron chi connectivity index (χ0n) is 15.4. The SMILES string of the molecule is COc1ccccc1NC(=O)C1CCN(C(=O)[C@H]2NCCO[C@@H]2C)CC1. The molecule has 1 aromatic carbocycles. The standard InChI is InChI=1S/C19H27N3O4/c1-13-17(20-9-12-26-13)19(24)22-10-7-14(8-11-22)18(23)21-15-5-3-4-6-16(15)25-2/h3-6,13-14,17,20H,7-12H2,1-2H3,(H,21,23)/t13-,17+/m1/s1. The molecule has 0 saturated carbocycles. The maximum Gasteiger partial charge on any atom is 0.242 e. The zero-order chi connectivity index (χ0) is 18.5. The Bertz CT molecular complexity index is 643. The van der Waals surface area contributed by atoms with E-state index in [9.17, 15) is 9.59 Å². The number of morpholine rings is 1. The molecule has 2 N–H and O–H groups in total. The van der Waals surface area contributed by atoms with Gasteiger partial charge in [-0.15, -0.1) is 0 Å². The summed E-state index contributed by atoms with van der Waals surface area (Å²) in [5, 5.41) is 6.18. The van der Waals surface area contributed by atoms with Crippen molar-refractivity contribution in [3.05, 3.63) is 24.3 Å². The number of methoxy groups -OCH3 is 1. The van der Waals surface area contributed by atoms with Gasteiger partial charge in [0.25, 0.3) is 0 Å². The molecule has 2 aliphatic rings. The predicted octanol–water partition coefficient (Wildman–Crippen LogP) is 1.25. The smallest absolute Gasteiger partial charge is 0.242 e. The fraction of sp³-hybridized carbons (Fsp3) is 0.579. The quantitative estimate of drug-likeness (QED) is 0.844. The van der Waals surface area contributed by atoms with E-state index < -0.39 is 0 Å². The first-order valence-electron chi connectivity index (χ1n) is 9.18. The lowest BCUT2D eigenvalue weighted by molar-refractivity contribution is -0.142. The Morgan fingerprint density at radius 1 is 1.27 bits per heavy atom. The number of carbonyl (C=O) groups excluding carboxylic acids is 2. The van der Waals surface area contributed by atoms with Gasteiger partial charge in [-0.2, -0.15) is 0 Å². The topological polar surface area (TPSA) is 79.9 Å². The van der Waals surface area contributed by atoms with Gasteiger partial charge in [0, 0.05) is 25.6 Å². The molecular formula is C19H27N3O4. The molecule has 142 valence electrons. The van der Waals surface area contributed by atoms with Crippen LogP contribution in [-0.2, 0) is 14.3 Å². The van der Waals surface area contributed by atoms with Crippen molar-refractivity contribution in [3.8, 4) is 5.75 Å². The molecule has 26 heavy (non-hydrogen) atoms. The molecule has 2 heterocycles. The number of nitrogens with zero attached hydrogens (tertiary/aromatic N) is 1. The van der Waals surface area contributed by atoms with Crippen LogP contribution in [0.1, 0.15) is 19.8 Å². The minimum Gasteiger partial charge on any atom is -0.495 e. The van der Waals surface area contributed by atoms with Crippen molar-refractivity contribution in [3.63, 3.8) is 0 Å². The molecule has 0 radical (unpaired) electrons. The molecule has 0 aromatic heterocycles. The molecule has 2 amide bonds. The van der Waals surface area contributed by atoms with Gasteiger partial charge in [-0.25, -0.2) is 0 Å². The summed E-state index contributed by atoms with van der Waals surface area (Å²) < 4.78 is 10.8. The minimum atomic E-state index is -0.289. The lowest BCUT2D eigenvalue weighted by atomic mass is 9.95. The molecule has 0 aliphatic carbocycles. The number of hydrogen-bond acceptors (Lipinski definition) is 5. The van der Waals surface area contributed by atoms with Gasteiger partial charge in [0.15, 0.2) is 0 Å². The van der Waals surface area contributed by atoms with Crippen LogP contribution in [0.3, 0.4) is 0 Å². The second kappa shape index (κ2) is 8.51. The summed E-state index contributed by atoms with van der Waals surface area (Å²) in [4.78, 5) is 27.1. The number of carbonyl (C=O) groups is 2. The van der Waals surface area contributed by atoms with Crippen molar-refractivity contribution in [1.82, 2.24) is 10.2 Å². The Hall–Kier alpha value is -2.12. The van der Waals surface area contributed by atoms with Crippen molar-refractivity contribution >= 4 is 17.5 Å². The first-order valence-corrected chi connectivity index (χ1v) is 9.18. The Kier molecular flexibility index (Phi) is 6.11. The van der Waals surface area contributed by atoms with Crippen LogP contribution in [-0.4, -0.2) is 62.2 Å². The van der Waals surface area contributed by atoms with E-state index in [1.807, 2.05) is 36.1 Å². The highest BCUT2D eigenvalue weighted by atomic mass is 16.5. The molecule has 1 aromatic rings. The predicted molar refractivity (Wildman–Crippen MR) is 98.1 cm³/mol. The van der Waals surface area contributed by atoms with Crippen molar-refractivity contribution in [1.29, 1.82) is 0 Å². The fourth-order valence-corrected chi connectivity index (χ4v) is 3.55. The second-order valence-corrected chi connectivity index (χ2v) is 6.80. The Morgan fingerprint density at radius 3 is 2.69 bits per heavy atom. The average molecular weight is 361 g/mol. The van der Waals surface area contributed by atoms with Crippen LogP contribution in [0.25, 0.3) is 0 Å². The number of nitrogens with one attached hydrogen (secondary N) is 2. The number of likely N-dealkylation sites (tertiary alicyclic amines) is 1. The highest BCUT2D eigenvalue weighted by Gasteiger charge is 2.34. The van der Waals surface area contributed by atoms with E-state index in [1.54, 1.807) is 7.11 Å². The van der Waals surface area contributed by atoms with Gasteiger partial charge >= 0.3 is 0 Å².